The fraction of sp³-hybridized carbons (Fsp3) is 0.462. The van der Waals surface area contributed by atoms with Crippen molar-refractivity contribution >= 4 is 5.91 Å². The summed E-state index contributed by atoms with van der Waals surface area (Å²) in [5.41, 5.74) is 6.32. The van der Waals surface area contributed by atoms with Crippen molar-refractivity contribution < 1.29 is 9.53 Å². The molecule has 1 rings (SSSR count). The summed E-state index contributed by atoms with van der Waals surface area (Å²) in [4.78, 5) is 11.2. The number of hydrazine groups is 1. The number of nitrogens with one attached hydrogen (secondary N) is 2. The first kappa shape index (κ1) is 13.5. The molecule has 0 saturated heterocycles. The fourth-order valence-electron chi connectivity index (χ4n) is 1.43. The number of hydrogen-bond donors (Lipinski definition) is 2. The third kappa shape index (κ3) is 4.87. The van der Waals surface area contributed by atoms with Crippen LogP contribution in [-0.4, -0.2) is 19.6 Å². The van der Waals surface area contributed by atoms with E-state index < -0.39 is 0 Å². The van der Waals surface area contributed by atoms with Gasteiger partial charge in [-0.1, -0.05) is 26.0 Å². The molecule has 4 nitrogen and oxygen atoms in total. The third-order valence-corrected chi connectivity index (χ3v) is 2.39. The van der Waals surface area contributed by atoms with Crippen LogP contribution in [0.5, 0.6) is 5.75 Å². The number of amides is 1. The molecule has 17 heavy (non-hydrogen) atoms. The lowest BCUT2D eigenvalue weighted by molar-refractivity contribution is -0.122. The van der Waals surface area contributed by atoms with E-state index in [1.54, 1.807) is 7.05 Å². The highest BCUT2D eigenvalue weighted by Gasteiger charge is 2.03. The van der Waals surface area contributed by atoms with E-state index in [2.05, 4.69) is 30.8 Å². The summed E-state index contributed by atoms with van der Waals surface area (Å²) in [7, 11) is 1.66. The minimum Gasteiger partial charge on any atom is -0.493 e. The van der Waals surface area contributed by atoms with Gasteiger partial charge in [-0.3, -0.25) is 10.2 Å². The van der Waals surface area contributed by atoms with Gasteiger partial charge in [0.2, 0.25) is 5.91 Å². The largest absolute Gasteiger partial charge is 0.493 e. The molecule has 0 spiro atoms. The van der Waals surface area contributed by atoms with Gasteiger partial charge in [-0.15, -0.1) is 0 Å². The minimum absolute atomic E-state index is 0.0764. The zero-order valence-corrected chi connectivity index (χ0v) is 10.6. The Morgan fingerprint density at radius 2 is 2.18 bits per heavy atom. The second-order valence-electron chi connectivity index (χ2n) is 4.12. The van der Waals surface area contributed by atoms with Crippen LogP contribution in [0.3, 0.4) is 0 Å². The molecular formula is C13H20N2O2. The number of benzene rings is 1. The first-order valence-electron chi connectivity index (χ1n) is 5.82. The van der Waals surface area contributed by atoms with Gasteiger partial charge in [-0.25, -0.2) is 5.43 Å². The molecule has 0 atom stereocenters. The monoisotopic (exact) mass is 236 g/mol. The minimum atomic E-state index is -0.0764. The van der Waals surface area contributed by atoms with Gasteiger partial charge in [-0.2, -0.15) is 0 Å². The second kappa shape index (κ2) is 6.91. The summed E-state index contributed by atoms with van der Waals surface area (Å²) >= 11 is 0. The topological polar surface area (TPSA) is 50.4 Å². The molecule has 0 fully saturated rings. The molecule has 0 unspecified atom stereocenters. The predicted molar refractivity (Wildman–Crippen MR) is 67.8 cm³/mol. The Balaban J connectivity index is 2.41. The Morgan fingerprint density at radius 3 is 2.82 bits per heavy atom. The zero-order valence-electron chi connectivity index (χ0n) is 10.6. The van der Waals surface area contributed by atoms with E-state index in [9.17, 15) is 4.79 Å². The Hall–Kier alpha value is -1.55. The van der Waals surface area contributed by atoms with Crippen molar-refractivity contribution in [1.82, 2.24) is 10.9 Å². The van der Waals surface area contributed by atoms with Crippen molar-refractivity contribution in [2.75, 3.05) is 13.7 Å². The predicted octanol–water partition coefficient (Wildman–Crippen LogP) is 1.83. The molecule has 0 aliphatic carbocycles. The standard InChI is InChI=1S/C13H20N2O2/c1-10(2)11-5-4-6-12(9-11)17-8-7-13(16)15-14-3/h4-6,9-10,14H,7-8H2,1-3H3,(H,15,16). The molecule has 2 N–H and O–H groups in total. The Morgan fingerprint density at radius 1 is 1.41 bits per heavy atom. The molecule has 1 aromatic carbocycles. The van der Waals surface area contributed by atoms with E-state index in [-0.39, 0.29) is 5.91 Å². The molecule has 4 heteroatoms. The molecule has 1 amide bonds. The van der Waals surface area contributed by atoms with Crippen molar-refractivity contribution in [3.05, 3.63) is 29.8 Å². The van der Waals surface area contributed by atoms with E-state index in [1.807, 2.05) is 18.2 Å². The number of carbonyl (C=O) groups excluding carboxylic acids is 1. The molecule has 0 heterocycles. The Kier molecular flexibility index (Phi) is 5.49. The van der Waals surface area contributed by atoms with Crippen molar-refractivity contribution in [2.24, 2.45) is 0 Å². The first-order chi connectivity index (χ1) is 8.13. The highest BCUT2D eigenvalue weighted by molar-refractivity contribution is 5.75. The maximum atomic E-state index is 11.2. The van der Waals surface area contributed by atoms with E-state index in [4.69, 9.17) is 4.74 Å². The number of ether oxygens (including phenoxy) is 1. The van der Waals surface area contributed by atoms with Crippen LogP contribution in [0.25, 0.3) is 0 Å². The number of hydrogen-bond acceptors (Lipinski definition) is 3. The highest BCUT2D eigenvalue weighted by Crippen LogP contribution is 2.20. The lowest BCUT2D eigenvalue weighted by Crippen LogP contribution is -2.34. The molecule has 0 aliphatic rings. The molecule has 94 valence electrons. The van der Waals surface area contributed by atoms with Crippen molar-refractivity contribution in [2.45, 2.75) is 26.2 Å². The maximum Gasteiger partial charge on any atom is 0.237 e. The van der Waals surface area contributed by atoms with Gasteiger partial charge >= 0.3 is 0 Å². The van der Waals surface area contributed by atoms with Gasteiger partial charge in [0, 0.05) is 7.05 Å². The lowest BCUT2D eigenvalue weighted by Gasteiger charge is -2.09. The van der Waals surface area contributed by atoms with Crippen LogP contribution in [0, 0.1) is 0 Å². The molecule has 0 aromatic heterocycles. The van der Waals surface area contributed by atoms with Crippen molar-refractivity contribution in [3.63, 3.8) is 0 Å². The summed E-state index contributed by atoms with van der Waals surface area (Å²) < 4.78 is 5.53. The van der Waals surface area contributed by atoms with Crippen LogP contribution in [0.1, 0.15) is 31.7 Å². The van der Waals surface area contributed by atoms with Crippen LogP contribution < -0.4 is 15.6 Å². The van der Waals surface area contributed by atoms with E-state index in [0.29, 0.717) is 18.9 Å². The van der Waals surface area contributed by atoms with E-state index >= 15 is 0 Å². The molecule has 1 aromatic rings. The molecule has 0 aliphatic heterocycles. The Labute approximate surface area is 102 Å². The first-order valence-corrected chi connectivity index (χ1v) is 5.82. The SMILES string of the molecule is CNNC(=O)CCOc1cccc(C(C)C)c1. The van der Waals surface area contributed by atoms with Gasteiger partial charge < -0.3 is 4.74 Å². The lowest BCUT2D eigenvalue weighted by atomic mass is 10.0. The molecular weight excluding hydrogens is 216 g/mol. The van der Waals surface area contributed by atoms with E-state index in [1.165, 1.54) is 5.56 Å². The normalized spacial score (nSPS) is 10.4. The van der Waals surface area contributed by atoms with Crippen molar-refractivity contribution in [3.8, 4) is 5.75 Å². The fourth-order valence-corrected chi connectivity index (χ4v) is 1.43. The van der Waals surface area contributed by atoms with Gasteiger partial charge in [0.15, 0.2) is 0 Å². The maximum absolute atomic E-state index is 11.2. The summed E-state index contributed by atoms with van der Waals surface area (Å²) in [6.07, 6.45) is 0.340. The summed E-state index contributed by atoms with van der Waals surface area (Å²) in [5, 5.41) is 0. The van der Waals surface area contributed by atoms with Gasteiger partial charge in [0.05, 0.1) is 13.0 Å². The smallest absolute Gasteiger partial charge is 0.237 e. The summed E-state index contributed by atoms with van der Waals surface area (Å²) in [6.45, 7) is 4.66. The van der Waals surface area contributed by atoms with E-state index in [0.717, 1.165) is 5.75 Å². The zero-order chi connectivity index (χ0) is 12.7. The average molecular weight is 236 g/mol. The van der Waals surface area contributed by atoms with Crippen LogP contribution >= 0.6 is 0 Å². The van der Waals surface area contributed by atoms with Crippen LogP contribution in [0.4, 0.5) is 0 Å². The van der Waals surface area contributed by atoms with Crippen molar-refractivity contribution in [1.29, 1.82) is 0 Å². The van der Waals surface area contributed by atoms with Crippen LogP contribution in [-0.2, 0) is 4.79 Å². The second-order valence-corrected chi connectivity index (χ2v) is 4.12. The van der Waals surface area contributed by atoms with Gasteiger partial charge in [0.25, 0.3) is 0 Å². The molecule has 0 radical (unpaired) electrons. The number of rotatable bonds is 6. The van der Waals surface area contributed by atoms with Crippen LogP contribution in [0.15, 0.2) is 24.3 Å². The van der Waals surface area contributed by atoms with Gasteiger partial charge in [-0.05, 0) is 23.6 Å². The molecule has 0 saturated carbocycles. The van der Waals surface area contributed by atoms with Gasteiger partial charge in [0.1, 0.15) is 5.75 Å². The third-order valence-electron chi connectivity index (χ3n) is 2.39. The van der Waals surface area contributed by atoms with Crippen LogP contribution in [0.2, 0.25) is 0 Å². The quantitative estimate of drug-likeness (QED) is 0.741. The highest BCUT2D eigenvalue weighted by atomic mass is 16.5. The summed E-state index contributed by atoms with van der Waals surface area (Å²) in [6, 6.07) is 7.96. The summed E-state index contributed by atoms with van der Waals surface area (Å²) in [5.74, 6) is 1.21. The molecule has 0 bridgehead atoms. The number of carbonyl (C=O) groups is 1. The average Bonchev–Trinajstić information content (AvgIpc) is 2.30. The Bertz CT molecular complexity index is 364.